The van der Waals surface area contributed by atoms with E-state index in [1.54, 1.807) is 7.11 Å². The van der Waals surface area contributed by atoms with Crippen LogP contribution in [0, 0.1) is 18.3 Å². The highest BCUT2D eigenvalue weighted by Crippen LogP contribution is 2.50. The molecule has 14 heavy (non-hydrogen) atoms. The van der Waals surface area contributed by atoms with Gasteiger partial charge in [0, 0.05) is 5.56 Å². The maximum Gasteiger partial charge on any atom is 0.123 e. The SMILES string of the molecule is COc1ccc(C)cc1C1(C#N)CC1. The van der Waals surface area contributed by atoms with Crippen LogP contribution in [-0.2, 0) is 5.41 Å². The van der Waals surface area contributed by atoms with E-state index in [-0.39, 0.29) is 5.41 Å². The van der Waals surface area contributed by atoms with Crippen LogP contribution in [0.25, 0.3) is 0 Å². The molecule has 0 atom stereocenters. The highest BCUT2D eigenvalue weighted by Gasteiger charge is 2.46. The second kappa shape index (κ2) is 3.02. The first-order chi connectivity index (χ1) is 6.72. The van der Waals surface area contributed by atoms with Crippen molar-refractivity contribution in [3.63, 3.8) is 0 Å². The van der Waals surface area contributed by atoms with Crippen LogP contribution in [0.3, 0.4) is 0 Å². The van der Waals surface area contributed by atoms with Gasteiger partial charge in [0.1, 0.15) is 5.75 Å². The van der Waals surface area contributed by atoms with Gasteiger partial charge in [-0.15, -0.1) is 0 Å². The number of ether oxygens (including phenoxy) is 1. The Hall–Kier alpha value is -1.49. The summed E-state index contributed by atoms with van der Waals surface area (Å²) in [6.45, 7) is 2.04. The van der Waals surface area contributed by atoms with Crippen LogP contribution in [-0.4, -0.2) is 7.11 Å². The molecule has 0 spiro atoms. The Morgan fingerprint density at radius 1 is 1.43 bits per heavy atom. The van der Waals surface area contributed by atoms with E-state index in [0.717, 1.165) is 24.2 Å². The lowest BCUT2D eigenvalue weighted by Crippen LogP contribution is -2.05. The Kier molecular flexibility index (Phi) is 1.96. The fourth-order valence-electron chi connectivity index (χ4n) is 1.76. The average Bonchev–Trinajstić information content (AvgIpc) is 2.98. The predicted molar refractivity (Wildman–Crippen MR) is 54.3 cm³/mol. The summed E-state index contributed by atoms with van der Waals surface area (Å²) in [5.74, 6) is 0.842. The van der Waals surface area contributed by atoms with Gasteiger partial charge in [0.05, 0.1) is 18.6 Å². The lowest BCUT2D eigenvalue weighted by molar-refractivity contribution is 0.407. The number of methoxy groups -OCH3 is 1. The van der Waals surface area contributed by atoms with E-state index >= 15 is 0 Å². The lowest BCUT2D eigenvalue weighted by Gasteiger charge is -2.12. The summed E-state index contributed by atoms with van der Waals surface area (Å²) in [6, 6.07) is 8.41. The summed E-state index contributed by atoms with van der Waals surface area (Å²) >= 11 is 0. The third-order valence-electron chi connectivity index (χ3n) is 2.83. The summed E-state index contributed by atoms with van der Waals surface area (Å²) in [5.41, 5.74) is 1.99. The minimum absolute atomic E-state index is 0.253. The van der Waals surface area contributed by atoms with Crippen LogP contribution in [0.5, 0.6) is 5.75 Å². The Morgan fingerprint density at radius 2 is 2.14 bits per heavy atom. The molecule has 0 bridgehead atoms. The average molecular weight is 187 g/mol. The molecule has 2 rings (SSSR count). The largest absolute Gasteiger partial charge is 0.496 e. The molecule has 1 saturated carbocycles. The molecule has 72 valence electrons. The zero-order chi connectivity index (χ0) is 10.2. The van der Waals surface area contributed by atoms with Crippen molar-refractivity contribution in [1.29, 1.82) is 5.26 Å². The molecule has 0 aromatic heterocycles. The first-order valence-corrected chi connectivity index (χ1v) is 4.78. The van der Waals surface area contributed by atoms with Crippen molar-refractivity contribution >= 4 is 0 Å². The molecule has 0 heterocycles. The molecule has 0 N–H and O–H groups in total. The van der Waals surface area contributed by atoms with E-state index in [4.69, 9.17) is 10.00 Å². The number of benzene rings is 1. The number of hydrogen-bond acceptors (Lipinski definition) is 2. The summed E-state index contributed by atoms with van der Waals surface area (Å²) in [5, 5.41) is 9.12. The van der Waals surface area contributed by atoms with Gasteiger partial charge >= 0.3 is 0 Å². The fourth-order valence-corrected chi connectivity index (χ4v) is 1.76. The highest BCUT2D eigenvalue weighted by atomic mass is 16.5. The molecule has 1 aliphatic carbocycles. The van der Waals surface area contributed by atoms with Crippen LogP contribution in [0.2, 0.25) is 0 Å². The summed E-state index contributed by atoms with van der Waals surface area (Å²) in [7, 11) is 1.65. The Balaban J connectivity index is 2.51. The molecule has 2 nitrogen and oxygen atoms in total. The maximum absolute atomic E-state index is 9.12. The van der Waals surface area contributed by atoms with E-state index in [0.29, 0.717) is 0 Å². The number of nitrogens with zero attached hydrogens (tertiary/aromatic N) is 1. The Bertz CT molecular complexity index is 399. The molecule has 0 amide bonds. The van der Waals surface area contributed by atoms with E-state index in [1.165, 1.54) is 5.56 Å². The molecule has 0 unspecified atom stereocenters. The molecule has 0 aliphatic heterocycles. The molecule has 1 aromatic rings. The van der Waals surface area contributed by atoms with Crippen molar-refractivity contribution in [2.75, 3.05) is 7.11 Å². The first-order valence-electron chi connectivity index (χ1n) is 4.78. The normalized spacial score (nSPS) is 17.2. The molecule has 0 radical (unpaired) electrons. The van der Waals surface area contributed by atoms with Crippen LogP contribution < -0.4 is 4.74 Å². The number of nitriles is 1. The van der Waals surface area contributed by atoms with Crippen molar-refractivity contribution in [1.82, 2.24) is 0 Å². The zero-order valence-electron chi connectivity index (χ0n) is 8.50. The predicted octanol–water partition coefficient (Wildman–Crippen LogP) is 2.56. The topological polar surface area (TPSA) is 33.0 Å². The van der Waals surface area contributed by atoms with Crippen molar-refractivity contribution < 1.29 is 4.74 Å². The van der Waals surface area contributed by atoms with Crippen molar-refractivity contribution in [2.45, 2.75) is 25.2 Å². The molecule has 1 fully saturated rings. The van der Waals surface area contributed by atoms with Gasteiger partial charge in [-0.3, -0.25) is 0 Å². The highest BCUT2D eigenvalue weighted by molar-refractivity contribution is 5.49. The van der Waals surface area contributed by atoms with Crippen LogP contribution in [0.15, 0.2) is 18.2 Å². The summed E-state index contributed by atoms with van der Waals surface area (Å²) in [4.78, 5) is 0. The van der Waals surface area contributed by atoms with Crippen LogP contribution >= 0.6 is 0 Å². The van der Waals surface area contributed by atoms with Crippen LogP contribution in [0.1, 0.15) is 24.0 Å². The van der Waals surface area contributed by atoms with Crippen molar-refractivity contribution in [3.8, 4) is 11.8 Å². The summed E-state index contributed by atoms with van der Waals surface area (Å²) < 4.78 is 5.28. The van der Waals surface area contributed by atoms with Gasteiger partial charge < -0.3 is 4.74 Å². The second-order valence-corrected chi connectivity index (χ2v) is 3.90. The zero-order valence-corrected chi connectivity index (χ0v) is 8.50. The Morgan fingerprint density at radius 3 is 2.64 bits per heavy atom. The third kappa shape index (κ3) is 1.26. The number of rotatable bonds is 2. The smallest absolute Gasteiger partial charge is 0.123 e. The van der Waals surface area contributed by atoms with Gasteiger partial charge in [-0.1, -0.05) is 17.7 Å². The molecule has 1 aromatic carbocycles. The first kappa shape index (κ1) is 9.08. The van der Waals surface area contributed by atoms with E-state index in [2.05, 4.69) is 12.1 Å². The maximum atomic E-state index is 9.12. The number of aryl methyl sites for hydroxylation is 1. The molecule has 2 heteroatoms. The van der Waals surface area contributed by atoms with Gasteiger partial charge in [-0.25, -0.2) is 0 Å². The van der Waals surface area contributed by atoms with E-state index in [1.807, 2.05) is 19.1 Å². The molecular formula is C12H13NO. The van der Waals surface area contributed by atoms with Gasteiger partial charge in [-0.2, -0.15) is 5.26 Å². The molecule has 1 aliphatic rings. The quantitative estimate of drug-likeness (QED) is 0.712. The van der Waals surface area contributed by atoms with Gasteiger partial charge in [0.25, 0.3) is 0 Å². The summed E-state index contributed by atoms with van der Waals surface area (Å²) in [6.07, 6.45) is 1.92. The van der Waals surface area contributed by atoms with Gasteiger partial charge in [0.2, 0.25) is 0 Å². The minimum Gasteiger partial charge on any atom is -0.496 e. The van der Waals surface area contributed by atoms with Crippen molar-refractivity contribution in [2.24, 2.45) is 0 Å². The van der Waals surface area contributed by atoms with Gasteiger partial charge in [-0.05, 0) is 25.8 Å². The minimum atomic E-state index is -0.253. The fraction of sp³-hybridized carbons (Fsp3) is 0.417. The molecule has 0 saturated heterocycles. The van der Waals surface area contributed by atoms with Crippen molar-refractivity contribution in [3.05, 3.63) is 29.3 Å². The second-order valence-electron chi connectivity index (χ2n) is 3.90. The monoisotopic (exact) mass is 187 g/mol. The van der Waals surface area contributed by atoms with E-state index < -0.39 is 0 Å². The Labute approximate surface area is 84.1 Å². The lowest BCUT2D eigenvalue weighted by atomic mass is 9.95. The number of hydrogen-bond donors (Lipinski definition) is 0. The standard InChI is InChI=1S/C12H13NO/c1-9-3-4-11(14-2)10(7-9)12(8-13)5-6-12/h3-4,7H,5-6H2,1-2H3. The molecular weight excluding hydrogens is 174 g/mol. The van der Waals surface area contributed by atoms with Crippen LogP contribution in [0.4, 0.5) is 0 Å². The van der Waals surface area contributed by atoms with Gasteiger partial charge in [0.15, 0.2) is 0 Å². The third-order valence-corrected chi connectivity index (χ3v) is 2.83. The van der Waals surface area contributed by atoms with E-state index in [9.17, 15) is 0 Å².